The molecule has 2 amide bonds. The van der Waals surface area contributed by atoms with Gasteiger partial charge in [0.05, 0.1) is 30.4 Å². The molecule has 10 heteroatoms. The highest BCUT2D eigenvalue weighted by Gasteiger charge is 2.13. The molecule has 3 heterocycles. The highest BCUT2D eigenvalue weighted by atomic mass is 32.1. The van der Waals surface area contributed by atoms with Crippen LogP contribution in [0.15, 0.2) is 65.1 Å². The average molecular weight is 425 g/mol. The summed E-state index contributed by atoms with van der Waals surface area (Å²) in [6.07, 6.45) is 6.18. The first-order valence-corrected chi connectivity index (χ1v) is 9.79. The van der Waals surface area contributed by atoms with Gasteiger partial charge < -0.3 is 14.3 Å². The SMILES string of the molecule is O=C(Cc1csc(NC(=O)c2ccco2)n1)NCc1ccc(-n2ccnc2)c(F)c1. The molecule has 0 spiro atoms. The molecule has 0 unspecified atom stereocenters. The molecule has 0 atom stereocenters. The lowest BCUT2D eigenvalue weighted by molar-refractivity contribution is -0.120. The van der Waals surface area contributed by atoms with E-state index < -0.39 is 11.7 Å². The number of nitrogens with one attached hydrogen (secondary N) is 2. The summed E-state index contributed by atoms with van der Waals surface area (Å²) in [6, 6.07) is 7.91. The number of nitrogens with zero attached hydrogens (tertiary/aromatic N) is 3. The van der Waals surface area contributed by atoms with Crippen LogP contribution in [-0.2, 0) is 17.8 Å². The van der Waals surface area contributed by atoms with Gasteiger partial charge in [-0.3, -0.25) is 14.9 Å². The molecular formula is C20H16FN5O3S. The van der Waals surface area contributed by atoms with E-state index in [1.165, 1.54) is 30.0 Å². The van der Waals surface area contributed by atoms with E-state index in [9.17, 15) is 14.0 Å². The molecule has 8 nitrogen and oxygen atoms in total. The number of aromatic nitrogens is 3. The topological polar surface area (TPSA) is 102 Å². The quantitative estimate of drug-likeness (QED) is 0.474. The van der Waals surface area contributed by atoms with E-state index in [2.05, 4.69) is 20.6 Å². The van der Waals surface area contributed by atoms with Crippen LogP contribution in [0.3, 0.4) is 0 Å². The minimum absolute atomic E-state index is 0.0444. The summed E-state index contributed by atoms with van der Waals surface area (Å²) in [5, 5.41) is 7.42. The van der Waals surface area contributed by atoms with E-state index in [1.807, 2.05) is 0 Å². The standard InChI is InChI=1S/C20H16FN5O3S/c21-15-8-13(3-4-16(15)26-6-5-22-12-26)10-23-18(27)9-14-11-30-20(24-14)25-19(28)17-2-1-7-29-17/h1-8,11-12H,9-10H2,(H,23,27)(H,24,25,28). The molecule has 0 aliphatic heterocycles. The Bertz CT molecular complexity index is 1160. The lowest BCUT2D eigenvalue weighted by Gasteiger charge is -2.08. The van der Waals surface area contributed by atoms with Crippen LogP contribution in [0, 0.1) is 5.82 Å². The number of halogens is 1. The van der Waals surface area contributed by atoms with Crippen molar-refractivity contribution < 1.29 is 18.4 Å². The van der Waals surface area contributed by atoms with E-state index in [0.717, 1.165) is 0 Å². The van der Waals surface area contributed by atoms with Crippen LogP contribution in [0.2, 0.25) is 0 Å². The van der Waals surface area contributed by atoms with Gasteiger partial charge in [0.25, 0.3) is 5.91 Å². The molecular weight excluding hydrogens is 409 g/mol. The fraction of sp³-hybridized carbons (Fsp3) is 0.100. The van der Waals surface area contributed by atoms with Crippen molar-refractivity contribution in [3.8, 4) is 5.69 Å². The summed E-state index contributed by atoms with van der Waals surface area (Å²) in [4.78, 5) is 32.3. The molecule has 4 aromatic rings. The number of benzene rings is 1. The normalized spacial score (nSPS) is 10.7. The first-order valence-electron chi connectivity index (χ1n) is 8.91. The Balaban J connectivity index is 1.29. The number of anilines is 1. The molecule has 0 aliphatic carbocycles. The van der Waals surface area contributed by atoms with Crippen molar-refractivity contribution in [2.75, 3.05) is 5.32 Å². The molecule has 0 fully saturated rings. The third kappa shape index (κ3) is 4.61. The molecule has 2 N–H and O–H groups in total. The third-order valence-corrected chi connectivity index (χ3v) is 4.95. The zero-order valence-corrected chi connectivity index (χ0v) is 16.4. The molecule has 0 saturated heterocycles. The molecule has 0 bridgehead atoms. The summed E-state index contributed by atoms with van der Waals surface area (Å²) >= 11 is 1.21. The first kappa shape index (κ1) is 19.5. The molecule has 30 heavy (non-hydrogen) atoms. The van der Waals surface area contributed by atoms with Gasteiger partial charge in [0.2, 0.25) is 5.91 Å². The summed E-state index contributed by atoms with van der Waals surface area (Å²) in [5.41, 5.74) is 1.54. The predicted octanol–water partition coefficient (Wildman–Crippen LogP) is 3.17. The second-order valence-corrected chi connectivity index (χ2v) is 7.14. The van der Waals surface area contributed by atoms with E-state index in [1.54, 1.807) is 46.6 Å². The van der Waals surface area contributed by atoms with Crippen molar-refractivity contribution in [3.05, 3.63) is 83.5 Å². The predicted molar refractivity (Wildman–Crippen MR) is 108 cm³/mol. The fourth-order valence-corrected chi connectivity index (χ4v) is 3.42. The Morgan fingerprint density at radius 1 is 1.27 bits per heavy atom. The van der Waals surface area contributed by atoms with Crippen LogP contribution in [0.5, 0.6) is 0 Å². The van der Waals surface area contributed by atoms with E-state index in [0.29, 0.717) is 22.1 Å². The summed E-state index contributed by atoms with van der Waals surface area (Å²) in [7, 11) is 0. The van der Waals surface area contributed by atoms with Crippen LogP contribution in [0.1, 0.15) is 21.8 Å². The lowest BCUT2D eigenvalue weighted by Crippen LogP contribution is -2.24. The maximum atomic E-state index is 14.3. The number of hydrogen-bond donors (Lipinski definition) is 2. The Hall–Kier alpha value is -3.79. The Morgan fingerprint density at radius 2 is 2.17 bits per heavy atom. The Labute approximate surface area is 174 Å². The summed E-state index contributed by atoms with van der Waals surface area (Å²) in [5.74, 6) is -0.901. The zero-order valence-electron chi connectivity index (χ0n) is 15.5. The second kappa shape index (κ2) is 8.70. The number of furan rings is 1. The van der Waals surface area contributed by atoms with Gasteiger partial charge in [-0.25, -0.2) is 14.4 Å². The Kier molecular flexibility index (Phi) is 5.66. The van der Waals surface area contributed by atoms with Gasteiger partial charge in [-0.1, -0.05) is 6.07 Å². The van der Waals surface area contributed by atoms with Gasteiger partial charge in [-0.2, -0.15) is 0 Å². The number of imidazole rings is 1. The van der Waals surface area contributed by atoms with E-state index in [-0.39, 0.29) is 24.6 Å². The van der Waals surface area contributed by atoms with Gasteiger partial charge in [-0.05, 0) is 29.8 Å². The average Bonchev–Trinajstić information content (AvgIpc) is 3.49. The molecule has 152 valence electrons. The van der Waals surface area contributed by atoms with E-state index >= 15 is 0 Å². The van der Waals surface area contributed by atoms with Crippen molar-refractivity contribution in [3.63, 3.8) is 0 Å². The van der Waals surface area contributed by atoms with Crippen LogP contribution in [-0.4, -0.2) is 26.3 Å². The number of carbonyl (C=O) groups excluding carboxylic acids is 2. The summed E-state index contributed by atoms with van der Waals surface area (Å²) < 4.78 is 20.9. The van der Waals surface area contributed by atoms with E-state index in [4.69, 9.17) is 4.42 Å². The van der Waals surface area contributed by atoms with Gasteiger partial charge in [0.1, 0.15) is 5.82 Å². The van der Waals surface area contributed by atoms with Gasteiger partial charge in [-0.15, -0.1) is 11.3 Å². The minimum atomic E-state index is -0.411. The molecule has 0 aliphatic rings. The molecule has 4 rings (SSSR count). The lowest BCUT2D eigenvalue weighted by atomic mass is 10.2. The molecule has 0 saturated carbocycles. The number of rotatable bonds is 7. The second-order valence-electron chi connectivity index (χ2n) is 6.28. The number of carbonyl (C=O) groups is 2. The zero-order chi connectivity index (χ0) is 20.9. The van der Waals surface area contributed by atoms with Crippen molar-refractivity contribution >= 4 is 28.3 Å². The highest BCUT2D eigenvalue weighted by molar-refractivity contribution is 7.14. The van der Waals surface area contributed by atoms with Crippen molar-refractivity contribution in [2.24, 2.45) is 0 Å². The molecule has 3 aromatic heterocycles. The van der Waals surface area contributed by atoms with Gasteiger partial charge >= 0.3 is 0 Å². The smallest absolute Gasteiger partial charge is 0.293 e. The summed E-state index contributed by atoms with van der Waals surface area (Å²) in [6.45, 7) is 0.187. The minimum Gasteiger partial charge on any atom is -0.459 e. The van der Waals surface area contributed by atoms with Crippen LogP contribution < -0.4 is 10.6 Å². The number of hydrogen-bond acceptors (Lipinski definition) is 6. The maximum Gasteiger partial charge on any atom is 0.293 e. The molecule has 0 radical (unpaired) electrons. The largest absolute Gasteiger partial charge is 0.459 e. The number of thiazole rings is 1. The highest BCUT2D eigenvalue weighted by Crippen LogP contribution is 2.18. The fourth-order valence-electron chi connectivity index (χ4n) is 2.71. The van der Waals surface area contributed by atoms with Gasteiger partial charge in [0.15, 0.2) is 10.9 Å². The Morgan fingerprint density at radius 3 is 2.90 bits per heavy atom. The number of amides is 2. The maximum absolute atomic E-state index is 14.3. The van der Waals surface area contributed by atoms with Crippen LogP contribution >= 0.6 is 11.3 Å². The van der Waals surface area contributed by atoms with Crippen molar-refractivity contribution in [1.29, 1.82) is 0 Å². The first-order chi connectivity index (χ1) is 14.6. The molecule has 1 aromatic carbocycles. The van der Waals surface area contributed by atoms with Gasteiger partial charge in [0, 0.05) is 24.3 Å². The third-order valence-electron chi connectivity index (χ3n) is 4.14. The van der Waals surface area contributed by atoms with Crippen LogP contribution in [0.4, 0.5) is 9.52 Å². The monoisotopic (exact) mass is 425 g/mol. The van der Waals surface area contributed by atoms with Crippen LogP contribution in [0.25, 0.3) is 5.69 Å². The van der Waals surface area contributed by atoms with Crippen molar-refractivity contribution in [2.45, 2.75) is 13.0 Å². The van der Waals surface area contributed by atoms with Crippen molar-refractivity contribution in [1.82, 2.24) is 19.9 Å².